The zero-order valence-electron chi connectivity index (χ0n) is 14.7. The van der Waals surface area contributed by atoms with Crippen LogP contribution in [0.2, 0.25) is 0 Å². The third kappa shape index (κ3) is 3.12. The predicted molar refractivity (Wildman–Crippen MR) is 87.6 cm³/mol. The van der Waals surface area contributed by atoms with Gasteiger partial charge in [-0.1, -0.05) is 13.0 Å². The van der Waals surface area contributed by atoms with Crippen molar-refractivity contribution in [2.45, 2.75) is 44.4 Å². The van der Waals surface area contributed by atoms with Crippen LogP contribution in [0, 0.1) is 5.92 Å². The van der Waals surface area contributed by atoms with Crippen LogP contribution in [0.4, 0.5) is 0 Å². The van der Waals surface area contributed by atoms with Crippen LogP contribution in [-0.2, 0) is 19.1 Å². The quantitative estimate of drug-likeness (QED) is 0.310. The number of quaternary nitrogens is 1. The van der Waals surface area contributed by atoms with Crippen molar-refractivity contribution in [2.75, 3.05) is 26.3 Å². The number of nitrogens with one attached hydrogen (secondary N) is 1. The maximum absolute atomic E-state index is 12.6. The second-order valence-corrected chi connectivity index (χ2v) is 7.18. The number of aliphatic hydroxyl groups is 2. The van der Waals surface area contributed by atoms with Gasteiger partial charge in [-0.15, -0.1) is 0 Å². The first-order valence-corrected chi connectivity index (χ1v) is 8.80. The Hall–Kier alpha value is -1.70. The largest absolute Gasteiger partial charge is 0.459 e. The van der Waals surface area contributed by atoms with Crippen LogP contribution in [0.25, 0.3) is 0 Å². The number of aliphatic hydroxyl groups excluding tert-OH is 1. The highest BCUT2D eigenvalue weighted by molar-refractivity contribution is 5.89. The lowest BCUT2D eigenvalue weighted by atomic mass is 9.84. The number of hydrogen-bond acceptors (Lipinski definition) is 6. The summed E-state index contributed by atoms with van der Waals surface area (Å²) in [5.41, 5.74) is -0.743. The molecule has 5 atom stereocenters. The molecule has 0 aromatic carbocycles. The maximum atomic E-state index is 12.6. The number of esters is 2. The van der Waals surface area contributed by atoms with E-state index in [1.54, 1.807) is 19.9 Å². The number of hydrogen-bond donors (Lipinski definition) is 3. The molecule has 1 unspecified atom stereocenters. The molecule has 0 bridgehead atoms. The highest BCUT2D eigenvalue weighted by Crippen LogP contribution is 2.29. The second kappa shape index (κ2) is 6.90. The van der Waals surface area contributed by atoms with Crippen molar-refractivity contribution in [2.24, 2.45) is 5.92 Å². The van der Waals surface area contributed by atoms with Crippen LogP contribution in [-0.4, -0.2) is 66.2 Å². The first-order valence-electron chi connectivity index (χ1n) is 8.80. The summed E-state index contributed by atoms with van der Waals surface area (Å²) in [6, 6.07) is -0.00562. The van der Waals surface area contributed by atoms with Gasteiger partial charge >= 0.3 is 11.9 Å². The fourth-order valence-electron chi connectivity index (χ4n) is 4.03. The number of carbonyl (C=O) groups excluding carboxylic acids is 2. The van der Waals surface area contributed by atoms with Crippen molar-refractivity contribution in [1.82, 2.24) is 0 Å². The topological polar surface area (TPSA) is 97.5 Å². The lowest BCUT2D eigenvalue weighted by Crippen LogP contribution is -3.12. The van der Waals surface area contributed by atoms with Gasteiger partial charge in [-0.05, 0) is 19.4 Å². The molecule has 0 radical (unpaired) electrons. The van der Waals surface area contributed by atoms with Crippen LogP contribution in [0.3, 0.4) is 0 Å². The third-order valence-electron chi connectivity index (χ3n) is 5.76. The van der Waals surface area contributed by atoms with Gasteiger partial charge in [0.25, 0.3) is 0 Å². The Labute approximate surface area is 146 Å². The SMILES string of the molecule is C/C=C1\C[C@@H](C)[C@@](O)(CO)C(=O)OCC2=CC[NH+]3CC[C@@H](OC1=O)[C@H]23. The van der Waals surface area contributed by atoms with Crippen LogP contribution in [0.5, 0.6) is 0 Å². The Morgan fingerprint density at radius 1 is 1.44 bits per heavy atom. The fraction of sp³-hybridized carbons (Fsp3) is 0.667. The zero-order chi connectivity index (χ0) is 18.2. The van der Waals surface area contributed by atoms with Gasteiger partial charge in [0, 0.05) is 23.5 Å². The van der Waals surface area contributed by atoms with Gasteiger partial charge in [0.05, 0.1) is 19.7 Å². The molecule has 7 nitrogen and oxygen atoms in total. The van der Waals surface area contributed by atoms with Crippen LogP contribution in [0.15, 0.2) is 23.3 Å². The molecule has 0 aliphatic carbocycles. The number of cyclic esters (lactones) is 1. The molecule has 3 N–H and O–H groups in total. The van der Waals surface area contributed by atoms with E-state index in [0.29, 0.717) is 5.57 Å². The zero-order valence-corrected chi connectivity index (χ0v) is 14.7. The molecule has 25 heavy (non-hydrogen) atoms. The van der Waals surface area contributed by atoms with E-state index in [4.69, 9.17) is 9.47 Å². The van der Waals surface area contributed by atoms with E-state index >= 15 is 0 Å². The van der Waals surface area contributed by atoms with E-state index in [2.05, 4.69) is 0 Å². The Kier molecular flexibility index (Phi) is 4.99. The molecule has 0 amide bonds. The molecule has 0 saturated carbocycles. The number of rotatable bonds is 1. The highest BCUT2D eigenvalue weighted by atomic mass is 16.6. The summed E-state index contributed by atoms with van der Waals surface area (Å²) < 4.78 is 11.1. The van der Waals surface area contributed by atoms with E-state index in [9.17, 15) is 19.8 Å². The van der Waals surface area contributed by atoms with Gasteiger partial charge in [-0.2, -0.15) is 0 Å². The summed E-state index contributed by atoms with van der Waals surface area (Å²) in [6.07, 6.45) is 4.33. The molecule has 0 aromatic heterocycles. The molecule has 0 aromatic rings. The molecule has 3 aliphatic rings. The van der Waals surface area contributed by atoms with E-state index in [1.165, 1.54) is 4.90 Å². The molecule has 7 heteroatoms. The number of ether oxygens (including phenoxy) is 2. The van der Waals surface area contributed by atoms with Crippen LogP contribution < -0.4 is 4.90 Å². The minimum atomic E-state index is -2.05. The summed E-state index contributed by atoms with van der Waals surface area (Å²) in [5.74, 6) is -1.96. The second-order valence-electron chi connectivity index (χ2n) is 7.18. The monoisotopic (exact) mass is 352 g/mol. The molecule has 2 fully saturated rings. The highest BCUT2D eigenvalue weighted by Gasteiger charge is 2.49. The number of allylic oxidation sites excluding steroid dienone is 1. The maximum Gasteiger partial charge on any atom is 0.341 e. The third-order valence-corrected chi connectivity index (χ3v) is 5.76. The minimum absolute atomic E-state index is 0.00562. The molecular formula is C18H26NO6+. The molecule has 2 saturated heterocycles. The van der Waals surface area contributed by atoms with Crippen molar-refractivity contribution < 1.29 is 34.2 Å². The van der Waals surface area contributed by atoms with Crippen molar-refractivity contribution in [3.05, 3.63) is 23.3 Å². The van der Waals surface area contributed by atoms with Crippen molar-refractivity contribution in [3.8, 4) is 0 Å². The van der Waals surface area contributed by atoms with Crippen molar-refractivity contribution in [1.29, 1.82) is 0 Å². The first kappa shape index (κ1) is 18.1. The van der Waals surface area contributed by atoms with Gasteiger partial charge in [0.15, 0.2) is 17.7 Å². The Morgan fingerprint density at radius 3 is 2.88 bits per heavy atom. The summed E-state index contributed by atoms with van der Waals surface area (Å²) in [4.78, 5) is 26.3. The average molecular weight is 352 g/mol. The summed E-state index contributed by atoms with van der Waals surface area (Å²) in [7, 11) is 0. The Bertz CT molecular complexity index is 627. The van der Waals surface area contributed by atoms with Gasteiger partial charge in [0.1, 0.15) is 6.61 Å². The molecular weight excluding hydrogens is 326 g/mol. The lowest BCUT2D eigenvalue weighted by Gasteiger charge is -2.31. The van der Waals surface area contributed by atoms with E-state index < -0.39 is 30.1 Å². The molecule has 0 spiro atoms. The van der Waals surface area contributed by atoms with Gasteiger partial charge in [-0.3, -0.25) is 0 Å². The van der Waals surface area contributed by atoms with Crippen molar-refractivity contribution in [3.63, 3.8) is 0 Å². The first-order chi connectivity index (χ1) is 11.9. The normalized spacial score (nSPS) is 40.6. The number of carbonyl (C=O) groups is 2. The molecule has 138 valence electrons. The molecule has 3 aliphatic heterocycles. The molecule has 3 rings (SSSR count). The van der Waals surface area contributed by atoms with E-state index in [0.717, 1.165) is 25.1 Å². The predicted octanol–water partition coefficient (Wildman–Crippen LogP) is -1.25. The van der Waals surface area contributed by atoms with Gasteiger partial charge in [0.2, 0.25) is 0 Å². The van der Waals surface area contributed by atoms with Gasteiger partial charge in [-0.25, -0.2) is 9.59 Å². The Balaban J connectivity index is 1.93. The molecule has 3 heterocycles. The lowest BCUT2D eigenvalue weighted by molar-refractivity contribution is -0.896. The average Bonchev–Trinajstić information content (AvgIpc) is 3.18. The summed E-state index contributed by atoms with van der Waals surface area (Å²) in [6.45, 7) is 4.33. The standard InChI is InChI=1S/C18H25NO6/c1-3-12-8-11(2)18(23,10-20)17(22)24-9-13-4-6-19-7-5-14(15(13)19)25-16(12)21/h3-4,11,14-15,20,23H,5-10H2,1-2H3/p+1/b12-3+/t11-,14-,15+,18+/m1/s1. The van der Waals surface area contributed by atoms with Crippen LogP contribution in [0.1, 0.15) is 26.7 Å². The Morgan fingerprint density at radius 2 is 2.20 bits per heavy atom. The van der Waals surface area contributed by atoms with E-state index in [1.807, 2.05) is 6.08 Å². The van der Waals surface area contributed by atoms with Crippen LogP contribution >= 0.6 is 0 Å². The van der Waals surface area contributed by atoms with E-state index in [-0.39, 0.29) is 25.2 Å². The fourth-order valence-corrected chi connectivity index (χ4v) is 4.03. The minimum Gasteiger partial charge on any atom is -0.459 e. The summed E-state index contributed by atoms with van der Waals surface area (Å²) >= 11 is 0. The van der Waals surface area contributed by atoms with Gasteiger partial charge < -0.3 is 24.6 Å². The van der Waals surface area contributed by atoms with Crippen molar-refractivity contribution >= 4 is 11.9 Å². The smallest absolute Gasteiger partial charge is 0.341 e. The summed E-state index contributed by atoms with van der Waals surface area (Å²) in [5, 5.41) is 20.2.